The Morgan fingerprint density at radius 1 is 1.44 bits per heavy atom. The third kappa shape index (κ3) is 2.92. The highest BCUT2D eigenvalue weighted by molar-refractivity contribution is 5.99. The molecule has 0 fully saturated rings. The number of aliphatic hydroxyl groups is 1. The number of nitrogens with one attached hydrogen (secondary N) is 1. The molecule has 7 heteroatoms. The summed E-state index contributed by atoms with van der Waals surface area (Å²) in [6.07, 6.45) is -4.60. The smallest absolute Gasteiger partial charge is 0.392 e. The Labute approximate surface area is 102 Å². The molecule has 1 aromatic rings. The summed E-state index contributed by atoms with van der Waals surface area (Å²) in [6, 6.07) is 1.48. The van der Waals surface area contributed by atoms with Crippen molar-refractivity contribution in [3.05, 3.63) is 28.8 Å². The van der Waals surface area contributed by atoms with E-state index in [9.17, 15) is 18.0 Å². The van der Waals surface area contributed by atoms with Gasteiger partial charge in [-0.25, -0.2) is 0 Å². The van der Waals surface area contributed by atoms with Gasteiger partial charge in [0.05, 0.1) is 23.4 Å². The summed E-state index contributed by atoms with van der Waals surface area (Å²) in [5, 5.41) is 11.8. The van der Waals surface area contributed by atoms with Crippen LogP contribution < -0.4 is 11.1 Å². The van der Waals surface area contributed by atoms with Crippen molar-refractivity contribution in [3.63, 3.8) is 0 Å². The first-order valence-corrected chi connectivity index (χ1v) is 5.19. The van der Waals surface area contributed by atoms with E-state index < -0.39 is 24.3 Å². The van der Waals surface area contributed by atoms with E-state index in [1.54, 1.807) is 6.92 Å². The first-order valence-electron chi connectivity index (χ1n) is 5.19. The van der Waals surface area contributed by atoms with E-state index in [2.05, 4.69) is 5.32 Å². The molecule has 0 bridgehead atoms. The molecular formula is C11H13F3N2O2. The maximum absolute atomic E-state index is 12.6. The normalized spacial score (nSPS) is 11.4. The lowest BCUT2D eigenvalue weighted by atomic mass is 10.0. The quantitative estimate of drug-likeness (QED) is 0.773. The minimum Gasteiger partial charge on any atom is -0.392 e. The van der Waals surface area contributed by atoms with Crippen LogP contribution in [0.4, 0.5) is 18.9 Å². The Kier molecular flexibility index (Phi) is 4.18. The standard InChI is InChI=1S/C11H13F3N2O2/c1-2-16-9-6(5-17)3-7(11(12,13)14)4-8(9)10(15)18/h3-4,16-17H,2,5H2,1H3,(H2,15,18). The predicted molar refractivity (Wildman–Crippen MR) is 60.0 cm³/mol. The highest BCUT2D eigenvalue weighted by Gasteiger charge is 2.32. The molecule has 4 nitrogen and oxygen atoms in total. The number of alkyl halides is 3. The summed E-state index contributed by atoms with van der Waals surface area (Å²) in [4.78, 5) is 11.2. The van der Waals surface area contributed by atoms with Crippen molar-refractivity contribution in [2.45, 2.75) is 19.7 Å². The van der Waals surface area contributed by atoms with Crippen LogP contribution in [0.5, 0.6) is 0 Å². The maximum Gasteiger partial charge on any atom is 0.416 e. The molecule has 0 atom stereocenters. The zero-order chi connectivity index (χ0) is 13.9. The van der Waals surface area contributed by atoms with Crippen LogP contribution in [-0.2, 0) is 12.8 Å². The lowest BCUT2D eigenvalue weighted by Gasteiger charge is -2.16. The Morgan fingerprint density at radius 3 is 2.44 bits per heavy atom. The van der Waals surface area contributed by atoms with Crippen molar-refractivity contribution in [3.8, 4) is 0 Å². The van der Waals surface area contributed by atoms with E-state index in [4.69, 9.17) is 10.8 Å². The second kappa shape index (κ2) is 5.26. The minimum absolute atomic E-state index is 0.0134. The van der Waals surface area contributed by atoms with Crippen LogP contribution in [0.25, 0.3) is 0 Å². The lowest BCUT2D eigenvalue weighted by Crippen LogP contribution is -2.18. The number of halogens is 3. The lowest BCUT2D eigenvalue weighted by molar-refractivity contribution is -0.137. The molecule has 4 N–H and O–H groups in total. The predicted octanol–water partition coefficient (Wildman–Crippen LogP) is 1.73. The zero-order valence-corrected chi connectivity index (χ0v) is 9.64. The van der Waals surface area contributed by atoms with Crippen LogP contribution in [0.3, 0.4) is 0 Å². The first kappa shape index (κ1) is 14.3. The number of primary amides is 1. The Morgan fingerprint density at radius 2 is 2.06 bits per heavy atom. The number of nitrogens with two attached hydrogens (primary N) is 1. The number of rotatable bonds is 4. The van der Waals surface area contributed by atoms with Crippen molar-refractivity contribution < 1.29 is 23.1 Å². The fourth-order valence-electron chi connectivity index (χ4n) is 1.57. The number of hydrogen-bond acceptors (Lipinski definition) is 3. The zero-order valence-electron chi connectivity index (χ0n) is 9.64. The monoisotopic (exact) mass is 262 g/mol. The summed E-state index contributed by atoms with van der Waals surface area (Å²) < 4.78 is 37.8. The molecule has 0 saturated heterocycles. The molecule has 0 aliphatic heterocycles. The number of amides is 1. The number of anilines is 1. The molecular weight excluding hydrogens is 249 g/mol. The van der Waals surface area contributed by atoms with Crippen LogP contribution in [0, 0.1) is 0 Å². The van der Waals surface area contributed by atoms with Gasteiger partial charge in [0.1, 0.15) is 0 Å². The van der Waals surface area contributed by atoms with E-state index in [0.29, 0.717) is 12.6 Å². The van der Waals surface area contributed by atoms with Gasteiger partial charge in [-0.05, 0) is 19.1 Å². The van der Waals surface area contributed by atoms with Crippen molar-refractivity contribution in [2.75, 3.05) is 11.9 Å². The number of hydrogen-bond donors (Lipinski definition) is 3. The van der Waals surface area contributed by atoms with Crippen molar-refractivity contribution in [2.24, 2.45) is 5.73 Å². The van der Waals surface area contributed by atoms with Gasteiger partial charge in [0.2, 0.25) is 0 Å². The van der Waals surface area contributed by atoms with Crippen LogP contribution in [0.15, 0.2) is 12.1 Å². The second-order valence-electron chi connectivity index (χ2n) is 3.61. The summed E-state index contributed by atoms with van der Waals surface area (Å²) in [5.74, 6) is -0.980. The molecule has 1 rings (SSSR count). The Hall–Kier alpha value is -1.76. The highest BCUT2D eigenvalue weighted by atomic mass is 19.4. The van der Waals surface area contributed by atoms with Crippen LogP contribution in [-0.4, -0.2) is 17.6 Å². The van der Waals surface area contributed by atoms with Crippen molar-refractivity contribution in [1.82, 2.24) is 0 Å². The fraction of sp³-hybridized carbons (Fsp3) is 0.364. The van der Waals surface area contributed by atoms with Crippen LogP contribution in [0.2, 0.25) is 0 Å². The van der Waals surface area contributed by atoms with Crippen molar-refractivity contribution >= 4 is 11.6 Å². The van der Waals surface area contributed by atoms with Gasteiger partial charge in [0.15, 0.2) is 0 Å². The third-order valence-corrected chi connectivity index (χ3v) is 2.34. The fourth-order valence-corrected chi connectivity index (χ4v) is 1.57. The third-order valence-electron chi connectivity index (χ3n) is 2.34. The molecule has 1 aromatic carbocycles. The van der Waals surface area contributed by atoms with E-state index >= 15 is 0 Å². The topological polar surface area (TPSA) is 75.3 Å². The summed E-state index contributed by atoms with van der Waals surface area (Å²) in [6.45, 7) is 1.48. The van der Waals surface area contributed by atoms with Gasteiger partial charge in [-0.15, -0.1) is 0 Å². The number of benzene rings is 1. The Bertz CT molecular complexity index is 458. The number of aliphatic hydroxyl groups excluding tert-OH is 1. The molecule has 18 heavy (non-hydrogen) atoms. The molecule has 0 saturated carbocycles. The average molecular weight is 262 g/mol. The molecule has 1 amide bonds. The molecule has 0 aromatic heterocycles. The van der Waals surface area contributed by atoms with Gasteiger partial charge in [-0.3, -0.25) is 4.79 Å². The number of carbonyl (C=O) groups excluding carboxylic acids is 1. The summed E-state index contributed by atoms with van der Waals surface area (Å²) in [7, 11) is 0. The first-order chi connectivity index (χ1) is 8.31. The molecule has 100 valence electrons. The average Bonchev–Trinajstić information content (AvgIpc) is 2.27. The molecule has 0 heterocycles. The van der Waals surface area contributed by atoms with Gasteiger partial charge < -0.3 is 16.2 Å². The SMILES string of the molecule is CCNc1c(CO)cc(C(F)(F)F)cc1C(N)=O. The maximum atomic E-state index is 12.6. The number of carbonyl (C=O) groups is 1. The van der Waals surface area contributed by atoms with Gasteiger partial charge >= 0.3 is 6.18 Å². The van der Waals surface area contributed by atoms with E-state index in [1.165, 1.54) is 0 Å². The Balaban J connectivity index is 3.48. The second-order valence-corrected chi connectivity index (χ2v) is 3.61. The van der Waals surface area contributed by atoms with Crippen LogP contribution in [0.1, 0.15) is 28.4 Å². The molecule has 0 aliphatic carbocycles. The van der Waals surface area contributed by atoms with Crippen molar-refractivity contribution in [1.29, 1.82) is 0 Å². The molecule has 0 unspecified atom stereocenters. The molecule has 0 radical (unpaired) electrons. The molecule has 0 spiro atoms. The van der Waals surface area contributed by atoms with E-state index in [1.807, 2.05) is 0 Å². The van der Waals surface area contributed by atoms with Gasteiger partial charge in [-0.1, -0.05) is 0 Å². The van der Waals surface area contributed by atoms with Gasteiger partial charge in [-0.2, -0.15) is 13.2 Å². The summed E-state index contributed by atoms with van der Waals surface area (Å²) in [5.41, 5.74) is 3.88. The van der Waals surface area contributed by atoms with Gasteiger partial charge in [0, 0.05) is 12.1 Å². The minimum atomic E-state index is -4.60. The van der Waals surface area contributed by atoms with Gasteiger partial charge in [0.25, 0.3) is 5.91 Å². The van der Waals surface area contributed by atoms with Crippen LogP contribution >= 0.6 is 0 Å². The van der Waals surface area contributed by atoms with E-state index in [-0.39, 0.29) is 16.8 Å². The summed E-state index contributed by atoms with van der Waals surface area (Å²) >= 11 is 0. The highest BCUT2D eigenvalue weighted by Crippen LogP contribution is 2.34. The largest absolute Gasteiger partial charge is 0.416 e. The molecule has 0 aliphatic rings. The van der Waals surface area contributed by atoms with E-state index in [0.717, 1.165) is 6.07 Å².